The van der Waals surface area contributed by atoms with Crippen LogP contribution in [0.2, 0.25) is 0 Å². The number of carbonyl (C=O) groups excluding carboxylic acids is 1. The van der Waals surface area contributed by atoms with Crippen molar-refractivity contribution in [1.82, 2.24) is 14.5 Å². The second kappa shape index (κ2) is 6.09. The van der Waals surface area contributed by atoms with Gasteiger partial charge in [-0.15, -0.1) is 11.6 Å². The number of nitrogens with zero attached hydrogens (tertiary/aromatic N) is 3. The third-order valence-electron chi connectivity index (χ3n) is 3.05. The highest BCUT2D eigenvalue weighted by molar-refractivity contribution is 6.17. The van der Waals surface area contributed by atoms with Crippen molar-refractivity contribution in [1.29, 1.82) is 0 Å². The van der Waals surface area contributed by atoms with E-state index in [-0.39, 0.29) is 18.4 Å². The molecule has 2 rings (SSSR count). The number of ether oxygens (including phenoxy) is 1. The standard InChI is InChI=1S/C13H17ClN4O2/c1-8(7-10(15)19)18-11(5-6-14)16-9-3-4-12(20-2)17-13(9)18/h3-4,8H,5-7H2,1-2H3,(H2,15,19). The van der Waals surface area contributed by atoms with Gasteiger partial charge >= 0.3 is 0 Å². The Labute approximate surface area is 121 Å². The molecule has 0 radical (unpaired) electrons. The Morgan fingerprint density at radius 1 is 1.50 bits per heavy atom. The van der Waals surface area contributed by atoms with Gasteiger partial charge in [0.1, 0.15) is 11.3 Å². The zero-order chi connectivity index (χ0) is 14.7. The zero-order valence-electron chi connectivity index (χ0n) is 11.5. The Morgan fingerprint density at radius 2 is 2.25 bits per heavy atom. The number of aryl methyl sites for hydroxylation is 1. The quantitative estimate of drug-likeness (QED) is 0.822. The van der Waals surface area contributed by atoms with E-state index in [1.54, 1.807) is 13.2 Å². The second-order valence-corrected chi connectivity index (χ2v) is 4.93. The van der Waals surface area contributed by atoms with Crippen LogP contribution in [-0.2, 0) is 11.2 Å². The second-order valence-electron chi connectivity index (χ2n) is 4.55. The van der Waals surface area contributed by atoms with E-state index in [4.69, 9.17) is 22.1 Å². The summed E-state index contributed by atoms with van der Waals surface area (Å²) in [5.41, 5.74) is 6.71. The Kier molecular flexibility index (Phi) is 4.44. The fourth-order valence-electron chi connectivity index (χ4n) is 2.22. The van der Waals surface area contributed by atoms with Crippen LogP contribution in [0.1, 0.15) is 25.2 Å². The maximum absolute atomic E-state index is 11.2. The van der Waals surface area contributed by atoms with Gasteiger partial charge in [-0.05, 0) is 13.0 Å². The summed E-state index contributed by atoms with van der Waals surface area (Å²) in [6.07, 6.45) is 0.822. The maximum atomic E-state index is 11.2. The van der Waals surface area contributed by atoms with Gasteiger partial charge in [-0.3, -0.25) is 4.79 Å². The molecule has 0 spiro atoms. The highest BCUT2D eigenvalue weighted by atomic mass is 35.5. The van der Waals surface area contributed by atoms with E-state index in [0.717, 1.165) is 11.3 Å². The lowest BCUT2D eigenvalue weighted by molar-refractivity contribution is -0.118. The minimum Gasteiger partial charge on any atom is -0.481 e. The molecule has 6 nitrogen and oxygen atoms in total. The number of aromatic nitrogens is 3. The first-order valence-electron chi connectivity index (χ1n) is 6.33. The molecule has 7 heteroatoms. The molecule has 2 aromatic rings. The molecule has 2 heterocycles. The predicted octanol–water partition coefficient (Wildman–Crippen LogP) is 1.66. The lowest BCUT2D eigenvalue weighted by atomic mass is 10.2. The lowest BCUT2D eigenvalue weighted by Gasteiger charge is -2.15. The SMILES string of the molecule is COc1ccc2nc(CCCl)n(C(C)CC(N)=O)c2n1. The molecule has 2 aromatic heterocycles. The minimum atomic E-state index is -0.362. The highest BCUT2D eigenvalue weighted by Crippen LogP contribution is 2.24. The largest absolute Gasteiger partial charge is 0.481 e. The molecule has 0 saturated carbocycles. The van der Waals surface area contributed by atoms with E-state index in [0.29, 0.717) is 23.8 Å². The fraction of sp³-hybridized carbons (Fsp3) is 0.462. The van der Waals surface area contributed by atoms with Crippen LogP contribution in [0.15, 0.2) is 12.1 Å². The summed E-state index contributed by atoms with van der Waals surface area (Å²) in [5.74, 6) is 1.38. The molecular formula is C13H17ClN4O2. The predicted molar refractivity (Wildman–Crippen MR) is 77.0 cm³/mol. The molecule has 0 aliphatic rings. The molecule has 0 aliphatic heterocycles. The number of nitrogens with two attached hydrogens (primary N) is 1. The maximum Gasteiger partial charge on any atom is 0.219 e. The zero-order valence-corrected chi connectivity index (χ0v) is 12.2. The summed E-state index contributed by atoms with van der Waals surface area (Å²) >= 11 is 5.81. The monoisotopic (exact) mass is 296 g/mol. The van der Waals surface area contributed by atoms with Crippen molar-refractivity contribution in [2.45, 2.75) is 25.8 Å². The summed E-state index contributed by atoms with van der Waals surface area (Å²) in [4.78, 5) is 20.1. The molecule has 20 heavy (non-hydrogen) atoms. The van der Waals surface area contributed by atoms with Crippen LogP contribution < -0.4 is 10.5 Å². The molecule has 0 fully saturated rings. The van der Waals surface area contributed by atoms with E-state index < -0.39 is 0 Å². The van der Waals surface area contributed by atoms with Crippen molar-refractivity contribution < 1.29 is 9.53 Å². The minimum absolute atomic E-state index is 0.129. The molecule has 1 unspecified atom stereocenters. The molecule has 0 bridgehead atoms. The van der Waals surface area contributed by atoms with Gasteiger partial charge in [0, 0.05) is 30.8 Å². The third kappa shape index (κ3) is 2.85. The van der Waals surface area contributed by atoms with Gasteiger partial charge in [0.25, 0.3) is 0 Å². The van der Waals surface area contributed by atoms with Gasteiger partial charge < -0.3 is 15.0 Å². The number of imidazole rings is 1. The van der Waals surface area contributed by atoms with Crippen LogP contribution in [-0.4, -0.2) is 33.4 Å². The van der Waals surface area contributed by atoms with Crippen LogP contribution in [0, 0.1) is 0 Å². The lowest BCUT2D eigenvalue weighted by Crippen LogP contribution is -2.19. The average molecular weight is 297 g/mol. The smallest absolute Gasteiger partial charge is 0.219 e. The van der Waals surface area contributed by atoms with Gasteiger partial charge in [-0.1, -0.05) is 0 Å². The third-order valence-corrected chi connectivity index (χ3v) is 3.24. The van der Waals surface area contributed by atoms with Crippen molar-refractivity contribution in [2.24, 2.45) is 5.73 Å². The number of halogens is 1. The molecule has 1 amide bonds. The van der Waals surface area contributed by atoms with Gasteiger partial charge in [0.2, 0.25) is 11.8 Å². The van der Waals surface area contributed by atoms with Gasteiger partial charge in [0.05, 0.1) is 7.11 Å². The number of rotatable bonds is 6. The van der Waals surface area contributed by atoms with Gasteiger partial charge in [0.15, 0.2) is 5.65 Å². The molecule has 0 saturated heterocycles. The average Bonchev–Trinajstić information content (AvgIpc) is 2.75. The molecule has 0 aromatic carbocycles. The van der Waals surface area contributed by atoms with Crippen LogP contribution in [0.4, 0.5) is 0 Å². The Balaban J connectivity index is 2.56. The van der Waals surface area contributed by atoms with Gasteiger partial charge in [-0.2, -0.15) is 4.98 Å². The van der Waals surface area contributed by atoms with E-state index >= 15 is 0 Å². The normalized spacial score (nSPS) is 12.6. The van der Waals surface area contributed by atoms with Crippen LogP contribution in [0.5, 0.6) is 5.88 Å². The van der Waals surface area contributed by atoms with Crippen molar-refractivity contribution in [2.75, 3.05) is 13.0 Å². The first-order valence-corrected chi connectivity index (χ1v) is 6.86. The Bertz CT molecular complexity index is 626. The number of methoxy groups -OCH3 is 1. The van der Waals surface area contributed by atoms with Crippen molar-refractivity contribution >= 4 is 28.7 Å². The number of fused-ring (bicyclic) bond motifs is 1. The Morgan fingerprint density at radius 3 is 2.85 bits per heavy atom. The van der Waals surface area contributed by atoms with E-state index in [9.17, 15) is 4.79 Å². The van der Waals surface area contributed by atoms with Crippen LogP contribution in [0.25, 0.3) is 11.2 Å². The van der Waals surface area contributed by atoms with Gasteiger partial charge in [-0.25, -0.2) is 4.98 Å². The summed E-state index contributed by atoms with van der Waals surface area (Å²) in [7, 11) is 1.56. The number of pyridine rings is 1. The molecule has 2 N–H and O–H groups in total. The first-order chi connectivity index (χ1) is 9.56. The summed E-state index contributed by atoms with van der Waals surface area (Å²) < 4.78 is 7.05. The van der Waals surface area contributed by atoms with Crippen LogP contribution in [0.3, 0.4) is 0 Å². The number of amides is 1. The van der Waals surface area contributed by atoms with Crippen molar-refractivity contribution in [3.05, 3.63) is 18.0 Å². The highest BCUT2D eigenvalue weighted by Gasteiger charge is 2.18. The van der Waals surface area contributed by atoms with Crippen LogP contribution >= 0.6 is 11.6 Å². The number of alkyl halides is 1. The molecular weight excluding hydrogens is 280 g/mol. The number of primary amides is 1. The fourth-order valence-corrected chi connectivity index (χ4v) is 2.39. The summed E-state index contributed by atoms with van der Waals surface area (Å²) in [6, 6.07) is 3.46. The number of hydrogen-bond donors (Lipinski definition) is 1. The number of hydrogen-bond acceptors (Lipinski definition) is 4. The first kappa shape index (κ1) is 14.6. The topological polar surface area (TPSA) is 83.0 Å². The van der Waals surface area contributed by atoms with Crippen molar-refractivity contribution in [3.63, 3.8) is 0 Å². The summed E-state index contributed by atoms with van der Waals surface area (Å²) in [5, 5.41) is 0. The molecule has 108 valence electrons. The summed E-state index contributed by atoms with van der Waals surface area (Å²) in [6.45, 7) is 1.91. The Hall–Kier alpha value is -1.82. The molecule has 1 atom stereocenters. The van der Waals surface area contributed by atoms with E-state index in [1.165, 1.54) is 0 Å². The van der Waals surface area contributed by atoms with E-state index in [2.05, 4.69) is 9.97 Å². The van der Waals surface area contributed by atoms with Crippen molar-refractivity contribution in [3.8, 4) is 5.88 Å². The number of carbonyl (C=O) groups is 1. The molecule has 0 aliphatic carbocycles. The van der Waals surface area contributed by atoms with E-state index in [1.807, 2.05) is 17.6 Å².